The number of carbonyl (C=O) groups is 1. The topological polar surface area (TPSA) is 41.6 Å². The van der Waals surface area contributed by atoms with Crippen LogP contribution in [0.25, 0.3) is 0 Å². The highest BCUT2D eigenvalue weighted by atomic mass is 19.3. The minimum atomic E-state index is -2.85. The molecule has 1 rings (SSSR count). The van der Waals surface area contributed by atoms with Crippen LogP contribution in [-0.2, 0) is 0 Å². The van der Waals surface area contributed by atoms with Crippen molar-refractivity contribution in [1.29, 1.82) is 0 Å². The molecule has 0 heterocycles. The van der Waals surface area contributed by atoms with Gasteiger partial charge in [-0.15, -0.1) is 0 Å². The lowest BCUT2D eigenvalue weighted by Crippen LogP contribution is -2.27. The van der Waals surface area contributed by atoms with Crippen molar-refractivity contribution in [1.82, 2.24) is 4.90 Å². The Morgan fingerprint density at radius 1 is 1.31 bits per heavy atom. The Balaban J connectivity index is 2.61. The number of ether oxygens (including phenoxy) is 1. The van der Waals surface area contributed by atoms with Crippen LogP contribution < -0.4 is 10.1 Å². The molecule has 1 aromatic rings. The van der Waals surface area contributed by atoms with E-state index in [4.69, 9.17) is 0 Å². The van der Waals surface area contributed by atoms with E-state index in [2.05, 4.69) is 10.1 Å². The molecule has 0 radical (unpaired) electrons. The van der Waals surface area contributed by atoms with Gasteiger partial charge >= 0.3 is 12.6 Å². The molecule has 0 aliphatic carbocycles. The van der Waals surface area contributed by atoms with E-state index in [1.807, 2.05) is 0 Å². The highest BCUT2D eigenvalue weighted by Crippen LogP contribution is 2.17. The zero-order chi connectivity index (χ0) is 12.1. The number of rotatable bonds is 3. The van der Waals surface area contributed by atoms with Gasteiger partial charge < -0.3 is 15.0 Å². The van der Waals surface area contributed by atoms with E-state index in [1.54, 1.807) is 14.1 Å². The Bertz CT molecular complexity index is 352. The molecule has 0 spiro atoms. The highest BCUT2D eigenvalue weighted by Gasteiger charge is 2.06. The second-order valence-electron chi connectivity index (χ2n) is 3.23. The number of urea groups is 1. The Morgan fingerprint density at radius 3 is 2.31 bits per heavy atom. The fraction of sp³-hybridized carbons (Fsp3) is 0.300. The number of anilines is 1. The van der Waals surface area contributed by atoms with Crippen molar-refractivity contribution in [2.24, 2.45) is 0 Å². The van der Waals surface area contributed by atoms with Crippen LogP contribution in [-0.4, -0.2) is 31.6 Å². The summed E-state index contributed by atoms with van der Waals surface area (Å²) in [6, 6.07) is 5.40. The number of nitrogens with zero attached hydrogens (tertiary/aromatic N) is 1. The quantitative estimate of drug-likeness (QED) is 0.866. The number of halogens is 2. The third-order valence-corrected chi connectivity index (χ3v) is 1.74. The Labute approximate surface area is 91.8 Å². The van der Waals surface area contributed by atoms with Crippen LogP contribution in [0.5, 0.6) is 5.75 Å². The van der Waals surface area contributed by atoms with Crippen molar-refractivity contribution in [2.45, 2.75) is 6.61 Å². The van der Waals surface area contributed by atoms with Crippen LogP contribution in [0.2, 0.25) is 0 Å². The number of alkyl halides is 2. The summed E-state index contributed by atoms with van der Waals surface area (Å²) >= 11 is 0. The van der Waals surface area contributed by atoms with E-state index in [0.29, 0.717) is 5.69 Å². The lowest BCUT2D eigenvalue weighted by Gasteiger charge is -2.12. The molecule has 0 bridgehead atoms. The summed E-state index contributed by atoms with van der Waals surface area (Å²) in [6.07, 6.45) is 0. The monoisotopic (exact) mass is 230 g/mol. The SMILES string of the molecule is CN(C)C(=O)Nc1ccc(OC(F)F)cc1. The standard InChI is InChI=1S/C10H12F2N2O2/c1-14(2)10(15)13-7-3-5-8(6-4-7)16-9(11)12/h3-6,9H,1-2H3,(H,13,15). The molecule has 0 saturated heterocycles. The minimum Gasteiger partial charge on any atom is -0.435 e. The van der Waals surface area contributed by atoms with Crippen LogP contribution in [0.1, 0.15) is 0 Å². The molecular weight excluding hydrogens is 218 g/mol. The Kier molecular flexibility index (Phi) is 4.04. The van der Waals surface area contributed by atoms with Gasteiger partial charge in [0.1, 0.15) is 5.75 Å². The summed E-state index contributed by atoms with van der Waals surface area (Å²) in [5.74, 6) is 0.0536. The number of benzene rings is 1. The maximum Gasteiger partial charge on any atom is 0.387 e. The third kappa shape index (κ3) is 3.72. The first-order valence-electron chi connectivity index (χ1n) is 4.52. The Hall–Kier alpha value is -1.85. The lowest BCUT2D eigenvalue weighted by atomic mass is 10.3. The van der Waals surface area contributed by atoms with Crippen molar-refractivity contribution >= 4 is 11.7 Å². The first-order valence-corrected chi connectivity index (χ1v) is 4.52. The van der Waals surface area contributed by atoms with E-state index in [1.165, 1.54) is 29.2 Å². The van der Waals surface area contributed by atoms with Gasteiger partial charge in [0, 0.05) is 19.8 Å². The van der Waals surface area contributed by atoms with Crippen molar-refractivity contribution in [3.8, 4) is 5.75 Å². The molecule has 1 aromatic carbocycles. The molecule has 0 saturated carbocycles. The summed E-state index contributed by atoms with van der Waals surface area (Å²) in [5.41, 5.74) is 0.514. The zero-order valence-corrected chi connectivity index (χ0v) is 8.91. The second kappa shape index (κ2) is 5.29. The number of carbonyl (C=O) groups excluding carboxylic acids is 1. The molecule has 4 nitrogen and oxygen atoms in total. The van der Waals surface area contributed by atoms with Crippen molar-refractivity contribution in [2.75, 3.05) is 19.4 Å². The van der Waals surface area contributed by atoms with Gasteiger partial charge in [0.2, 0.25) is 0 Å². The van der Waals surface area contributed by atoms with Crippen LogP contribution in [0.3, 0.4) is 0 Å². The van der Waals surface area contributed by atoms with Gasteiger partial charge in [-0.2, -0.15) is 8.78 Å². The van der Waals surface area contributed by atoms with Gasteiger partial charge in [0.05, 0.1) is 0 Å². The minimum absolute atomic E-state index is 0.0536. The molecule has 0 aliphatic heterocycles. The average Bonchev–Trinajstić information content (AvgIpc) is 2.20. The van der Waals surface area contributed by atoms with Crippen LogP contribution >= 0.6 is 0 Å². The van der Waals surface area contributed by atoms with Gasteiger partial charge in [-0.05, 0) is 24.3 Å². The van der Waals surface area contributed by atoms with Gasteiger partial charge in [0.15, 0.2) is 0 Å². The van der Waals surface area contributed by atoms with E-state index < -0.39 is 6.61 Å². The van der Waals surface area contributed by atoms with Gasteiger partial charge in [-0.1, -0.05) is 0 Å². The summed E-state index contributed by atoms with van der Waals surface area (Å²) in [7, 11) is 3.20. The molecule has 0 aromatic heterocycles. The van der Waals surface area contributed by atoms with Gasteiger partial charge in [0.25, 0.3) is 0 Å². The zero-order valence-electron chi connectivity index (χ0n) is 8.91. The van der Waals surface area contributed by atoms with Gasteiger partial charge in [-0.3, -0.25) is 0 Å². The van der Waals surface area contributed by atoms with Crippen LogP contribution in [0.15, 0.2) is 24.3 Å². The van der Waals surface area contributed by atoms with Crippen LogP contribution in [0.4, 0.5) is 19.3 Å². The molecule has 16 heavy (non-hydrogen) atoms. The molecule has 0 aliphatic rings. The highest BCUT2D eigenvalue weighted by molar-refractivity contribution is 5.88. The Morgan fingerprint density at radius 2 is 1.88 bits per heavy atom. The second-order valence-corrected chi connectivity index (χ2v) is 3.23. The fourth-order valence-corrected chi connectivity index (χ4v) is 0.955. The largest absolute Gasteiger partial charge is 0.435 e. The smallest absolute Gasteiger partial charge is 0.387 e. The summed E-state index contributed by atoms with van der Waals surface area (Å²) in [4.78, 5) is 12.6. The maximum absolute atomic E-state index is 11.8. The predicted molar refractivity (Wildman–Crippen MR) is 55.8 cm³/mol. The van der Waals surface area contributed by atoms with E-state index >= 15 is 0 Å². The molecule has 6 heteroatoms. The number of hydrogen-bond donors (Lipinski definition) is 1. The first-order chi connectivity index (χ1) is 7.49. The lowest BCUT2D eigenvalue weighted by molar-refractivity contribution is -0.0498. The van der Waals surface area contributed by atoms with Gasteiger partial charge in [-0.25, -0.2) is 4.79 Å². The van der Waals surface area contributed by atoms with Crippen molar-refractivity contribution in [3.63, 3.8) is 0 Å². The third-order valence-electron chi connectivity index (χ3n) is 1.74. The average molecular weight is 230 g/mol. The number of hydrogen-bond acceptors (Lipinski definition) is 2. The van der Waals surface area contributed by atoms with Crippen molar-refractivity contribution in [3.05, 3.63) is 24.3 Å². The number of nitrogens with one attached hydrogen (secondary N) is 1. The predicted octanol–water partition coefficient (Wildman–Crippen LogP) is 2.38. The van der Waals surface area contributed by atoms with Crippen LogP contribution in [0, 0.1) is 0 Å². The van der Waals surface area contributed by atoms with Crippen molar-refractivity contribution < 1.29 is 18.3 Å². The molecule has 2 amide bonds. The molecule has 0 atom stereocenters. The number of amides is 2. The molecule has 0 unspecified atom stereocenters. The van der Waals surface area contributed by atoms with E-state index in [-0.39, 0.29) is 11.8 Å². The fourth-order valence-electron chi connectivity index (χ4n) is 0.955. The first kappa shape index (κ1) is 12.2. The molecule has 88 valence electrons. The van der Waals surface area contributed by atoms with E-state index in [9.17, 15) is 13.6 Å². The molecular formula is C10H12F2N2O2. The normalized spacial score (nSPS) is 10.1. The molecule has 0 fully saturated rings. The maximum atomic E-state index is 11.8. The molecule has 1 N–H and O–H groups in total. The summed E-state index contributed by atoms with van der Waals surface area (Å²) in [5, 5.41) is 2.57. The van der Waals surface area contributed by atoms with E-state index in [0.717, 1.165) is 0 Å². The summed E-state index contributed by atoms with van der Waals surface area (Å²) < 4.78 is 27.8. The summed E-state index contributed by atoms with van der Waals surface area (Å²) in [6.45, 7) is -2.85.